The van der Waals surface area contributed by atoms with E-state index in [2.05, 4.69) is 59.8 Å². The second kappa shape index (κ2) is 10.3. The highest BCUT2D eigenvalue weighted by Crippen LogP contribution is 2.36. The fraction of sp³-hybridized carbons (Fsp3) is 0.429. The first-order valence-electron chi connectivity index (χ1n) is 13.6. The molecule has 0 aliphatic carbocycles. The second-order valence-electron chi connectivity index (χ2n) is 10.9. The number of ether oxygens (including phenoxy) is 2. The summed E-state index contributed by atoms with van der Waals surface area (Å²) in [5, 5.41) is 19.0. The Labute approximate surface area is 229 Å². The number of rotatable bonds is 9. The molecule has 200 valence electrons. The molecule has 4 aromatic heterocycles. The lowest BCUT2D eigenvalue weighted by molar-refractivity contribution is -0.00876. The quantitative estimate of drug-likeness (QED) is 0.307. The van der Waals surface area contributed by atoms with Gasteiger partial charge in [-0.15, -0.1) is 0 Å². The Bertz CT molecular complexity index is 1530. The van der Waals surface area contributed by atoms with E-state index in [-0.39, 0.29) is 0 Å². The summed E-state index contributed by atoms with van der Waals surface area (Å²) in [6.07, 6.45) is 8.51. The van der Waals surface area contributed by atoms with Crippen LogP contribution in [0.3, 0.4) is 0 Å². The number of fused-ring (bicyclic) bond motifs is 3. The molecule has 0 saturated carbocycles. The van der Waals surface area contributed by atoms with Crippen LogP contribution in [0.5, 0.6) is 11.6 Å². The topological polar surface area (TPSA) is 96.7 Å². The fourth-order valence-electron chi connectivity index (χ4n) is 5.63. The van der Waals surface area contributed by atoms with E-state index in [1.165, 1.54) is 12.0 Å². The number of nitrogens with zero attached hydrogens (tertiary/aromatic N) is 8. The first-order valence-corrected chi connectivity index (χ1v) is 13.6. The van der Waals surface area contributed by atoms with Crippen LogP contribution in [-0.2, 0) is 6.54 Å². The van der Waals surface area contributed by atoms with Gasteiger partial charge in [-0.25, -0.2) is 14.2 Å². The molecule has 3 aliphatic heterocycles. The van der Waals surface area contributed by atoms with Crippen LogP contribution in [0.25, 0.3) is 11.2 Å². The number of anilines is 1. The van der Waals surface area contributed by atoms with Crippen molar-refractivity contribution in [1.29, 1.82) is 5.26 Å². The highest BCUT2D eigenvalue weighted by Gasteiger charge is 2.44. The third-order valence-electron chi connectivity index (χ3n) is 7.49. The maximum absolute atomic E-state index is 9.68. The smallest absolute Gasteiger partial charge is 0.206 e. The van der Waals surface area contributed by atoms with Gasteiger partial charge in [-0.3, -0.25) is 4.90 Å². The van der Waals surface area contributed by atoms with Gasteiger partial charge in [-0.05, 0) is 30.3 Å². The number of pyridine rings is 2. The molecule has 2 atom stereocenters. The standard InChI is InChI=1S/C28H33BN8O2/c1-4-38-28-24(29)7-19(11-31-28)13-35-21-8-22(35)15-34(14-21)26-5-6-36(33-26)25-9-23(39-17-18(2)3)16-37-27(25)20(10-30)12-32-37/h5-7,9,11-12,16,18,21-22H,4,8,13-15,17,29H2,1-3H3. The zero-order valence-electron chi connectivity index (χ0n) is 22.9. The summed E-state index contributed by atoms with van der Waals surface area (Å²) >= 11 is 0. The van der Waals surface area contributed by atoms with Crippen LogP contribution in [0.1, 0.15) is 38.3 Å². The molecule has 7 rings (SSSR count). The van der Waals surface area contributed by atoms with Gasteiger partial charge in [0.05, 0.1) is 36.9 Å². The summed E-state index contributed by atoms with van der Waals surface area (Å²) in [6.45, 7) is 10.2. The van der Waals surface area contributed by atoms with E-state index < -0.39 is 0 Å². The summed E-state index contributed by atoms with van der Waals surface area (Å²) < 4.78 is 15.1. The maximum atomic E-state index is 9.68. The van der Waals surface area contributed by atoms with Gasteiger partial charge in [0.2, 0.25) is 5.88 Å². The van der Waals surface area contributed by atoms with Gasteiger partial charge in [0, 0.05) is 56.2 Å². The van der Waals surface area contributed by atoms with Crippen LogP contribution < -0.4 is 19.8 Å². The Kier molecular flexibility index (Phi) is 6.65. The number of piperidine rings is 1. The van der Waals surface area contributed by atoms with E-state index in [9.17, 15) is 5.26 Å². The SMILES string of the molecule is Bc1cc(CN2C3CC2CN(c2ccn(-c4cc(OCC(C)C)cn5ncc(C#N)c45)n2)C3)cnc1OCC. The van der Waals surface area contributed by atoms with Gasteiger partial charge < -0.3 is 14.4 Å². The largest absolute Gasteiger partial charge is 0.492 e. The lowest BCUT2D eigenvalue weighted by atomic mass is 9.86. The van der Waals surface area contributed by atoms with E-state index in [4.69, 9.17) is 14.6 Å². The maximum Gasteiger partial charge on any atom is 0.206 e. The van der Waals surface area contributed by atoms with Crippen LogP contribution >= 0.6 is 0 Å². The van der Waals surface area contributed by atoms with Crippen LogP contribution in [0.2, 0.25) is 0 Å². The number of hydrogen-bond donors (Lipinski definition) is 0. The normalized spacial score (nSPS) is 18.8. The molecule has 3 fully saturated rings. The molecule has 7 heterocycles. The van der Waals surface area contributed by atoms with Crippen molar-refractivity contribution in [2.75, 3.05) is 31.2 Å². The fourth-order valence-corrected chi connectivity index (χ4v) is 5.63. The number of nitriles is 1. The Morgan fingerprint density at radius 3 is 2.72 bits per heavy atom. The van der Waals surface area contributed by atoms with Gasteiger partial charge in [0.15, 0.2) is 5.82 Å². The summed E-state index contributed by atoms with van der Waals surface area (Å²) in [5.41, 5.74) is 4.31. The molecular formula is C28H33BN8O2. The number of piperazine rings is 1. The predicted molar refractivity (Wildman–Crippen MR) is 151 cm³/mol. The average Bonchev–Trinajstić information content (AvgIpc) is 3.59. The van der Waals surface area contributed by atoms with Gasteiger partial charge in [-0.1, -0.05) is 19.9 Å². The van der Waals surface area contributed by atoms with E-state index in [0.29, 0.717) is 42.5 Å². The van der Waals surface area contributed by atoms with Crippen molar-refractivity contribution in [3.8, 4) is 23.4 Å². The molecule has 0 spiro atoms. The minimum Gasteiger partial charge on any atom is -0.492 e. The Balaban J connectivity index is 1.19. The van der Waals surface area contributed by atoms with Gasteiger partial charge in [-0.2, -0.15) is 15.5 Å². The van der Waals surface area contributed by atoms with Crippen LogP contribution in [-0.4, -0.2) is 75.5 Å². The Morgan fingerprint density at radius 2 is 2.00 bits per heavy atom. The minimum absolute atomic E-state index is 0.396. The monoisotopic (exact) mass is 524 g/mol. The first-order chi connectivity index (χ1) is 18.9. The molecule has 2 unspecified atom stereocenters. The number of aromatic nitrogens is 5. The van der Waals surface area contributed by atoms with Crippen molar-refractivity contribution in [1.82, 2.24) is 29.3 Å². The molecular weight excluding hydrogens is 491 g/mol. The molecule has 3 aliphatic rings. The summed E-state index contributed by atoms with van der Waals surface area (Å²) in [5.74, 6) is 2.75. The van der Waals surface area contributed by atoms with E-state index >= 15 is 0 Å². The van der Waals surface area contributed by atoms with E-state index in [1.54, 1.807) is 10.7 Å². The molecule has 4 aromatic rings. The Morgan fingerprint density at radius 1 is 1.18 bits per heavy atom. The number of hydrogen-bond acceptors (Lipinski definition) is 8. The molecule has 0 aromatic carbocycles. The third-order valence-corrected chi connectivity index (χ3v) is 7.49. The summed E-state index contributed by atoms with van der Waals surface area (Å²) in [6, 6.07) is 9.42. The lowest BCUT2D eigenvalue weighted by Crippen LogP contribution is -2.68. The zero-order valence-corrected chi connectivity index (χ0v) is 22.9. The molecule has 10 nitrogen and oxygen atoms in total. The van der Waals surface area contributed by atoms with Crippen LogP contribution in [0.15, 0.2) is 43.0 Å². The predicted octanol–water partition coefficient (Wildman–Crippen LogP) is 1.94. The van der Waals surface area contributed by atoms with Crippen molar-refractivity contribution in [3.05, 3.63) is 54.1 Å². The van der Waals surface area contributed by atoms with Gasteiger partial charge >= 0.3 is 0 Å². The average molecular weight is 524 g/mol. The molecule has 0 amide bonds. The highest BCUT2D eigenvalue weighted by atomic mass is 16.5. The van der Waals surface area contributed by atoms with Crippen molar-refractivity contribution >= 4 is 24.6 Å². The third kappa shape index (κ3) is 4.81. The van der Waals surface area contributed by atoms with Crippen molar-refractivity contribution in [2.24, 2.45) is 5.92 Å². The Hall–Kier alpha value is -4.04. The van der Waals surface area contributed by atoms with Crippen LogP contribution in [0, 0.1) is 17.2 Å². The zero-order chi connectivity index (χ0) is 27.1. The molecule has 0 radical (unpaired) electrons. The van der Waals surface area contributed by atoms with E-state index in [0.717, 1.165) is 48.0 Å². The summed E-state index contributed by atoms with van der Waals surface area (Å²) in [7, 11) is 2.06. The first kappa shape index (κ1) is 25.3. The molecule has 3 saturated heterocycles. The molecule has 39 heavy (non-hydrogen) atoms. The second-order valence-corrected chi connectivity index (χ2v) is 10.9. The minimum atomic E-state index is 0.396. The van der Waals surface area contributed by atoms with Gasteiger partial charge in [0.25, 0.3) is 0 Å². The highest BCUT2D eigenvalue weighted by molar-refractivity contribution is 6.34. The van der Waals surface area contributed by atoms with Crippen molar-refractivity contribution in [2.45, 2.75) is 45.8 Å². The van der Waals surface area contributed by atoms with Gasteiger partial charge in [0.1, 0.15) is 25.2 Å². The van der Waals surface area contributed by atoms with E-state index in [1.807, 2.05) is 36.3 Å². The van der Waals surface area contributed by atoms with Crippen LogP contribution in [0.4, 0.5) is 5.82 Å². The molecule has 11 heteroatoms. The summed E-state index contributed by atoms with van der Waals surface area (Å²) in [4.78, 5) is 9.46. The lowest BCUT2D eigenvalue weighted by Gasteiger charge is -2.56. The van der Waals surface area contributed by atoms with Crippen molar-refractivity contribution < 1.29 is 9.47 Å². The molecule has 0 N–H and O–H groups in total. The molecule has 2 bridgehead atoms. The van der Waals surface area contributed by atoms with Crippen molar-refractivity contribution in [3.63, 3.8) is 0 Å².